The van der Waals surface area contributed by atoms with Gasteiger partial charge < -0.3 is 34.9 Å². The van der Waals surface area contributed by atoms with Crippen molar-refractivity contribution < 1.29 is 101 Å². The van der Waals surface area contributed by atoms with Crippen molar-refractivity contribution in [1.29, 1.82) is 0 Å². The fraction of sp³-hybridized carbons (Fsp3) is 0.101. The molecule has 0 amide bonds. The molecule has 0 spiro atoms. The van der Waals surface area contributed by atoms with E-state index >= 15 is 0 Å². The first kappa shape index (κ1) is 104. The zero-order valence-corrected chi connectivity index (χ0v) is 86.4. The van der Waals surface area contributed by atoms with E-state index in [-0.39, 0.29) is 111 Å². The van der Waals surface area contributed by atoms with Gasteiger partial charge in [0.1, 0.15) is 0 Å². The first-order chi connectivity index (χ1) is 61.5. The fourth-order valence-corrected chi connectivity index (χ4v) is 13.4. The van der Waals surface area contributed by atoms with Crippen molar-refractivity contribution in [3.05, 3.63) is 502 Å². The van der Waals surface area contributed by atoms with Crippen LogP contribution < -0.4 is 0 Å². The summed E-state index contributed by atoms with van der Waals surface area (Å²) in [4.78, 5) is 30.8. The Kier molecular flexibility index (Phi) is 42.9. The van der Waals surface area contributed by atoms with Gasteiger partial charge in [-0.05, 0) is 144 Å². The van der Waals surface area contributed by atoms with E-state index in [0.717, 1.165) is 78.8 Å². The predicted molar refractivity (Wildman–Crippen MR) is 523 cm³/mol. The number of hydrogen-bond donors (Lipinski definition) is 0. The summed E-state index contributed by atoms with van der Waals surface area (Å²) >= 11 is 0. The Balaban J connectivity index is 0.000000189. The molecule has 131 heavy (non-hydrogen) atoms. The largest absolute Gasteiger partial charge is 0.305 e. The molecule has 0 aliphatic heterocycles. The molecule has 0 bridgehead atoms. The maximum Gasteiger partial charge on any atom is 0.0198 e. The van der Waals surface area contributed by atoms with E-state index < -0.39 is 0 Å². The SMILES string of the molecule is CC(C)(C)c1ccc(-c2[c-]ccc(-c3ccccc3)c2)nc1.CC(C)(C)c1ccnc(-c2[c-]ccc(-c3ccccc3)c2)c1.CC(C)c1ccc(-c2cc[c-]c(-c3ccccn3)c2)cc1.Cc1ccc(-c2[c-]ccc(-c3ccccc3)c2)nc1.[Ir].[Ir].[Ir].[Ir].[Ir].[c-]1ccc(-c2ccccc2)cc1-c1ccccn1.[c-]1ccccc1-c1ccccn1.[c-]1ccccc1-c1ccccn1. The Labute approximate surface area is 843 Å². The van der Waals surface area contributed by atoms with Crippen LogP contribution in [-0.4, -0.2) is 34.9 Å². The monoisotopic (exact) mass is 2590 g/mol. The summed E-state index contributed by atoms with van der Waals surface area (Å²) in [6.07, 6.45) is 12.9. The van der Waals surface area contributed by atoms with Gasteiger partial charge >= 0.3 is 0 Å². The van der Waals surface area contributed by atoms with E-state index in [1.165, 1.54) is 77.9 Å². The zero-order chi connectivity index (χ0) is 87.6. The van der Waals surface area contributed by atoms with Crippen molar-refractivity contribution >= 4 is 0 Å². The van der Waals surface area contributed by atoms with Crippen molar-refractivity contribution in [2.24, 2.45) is 0 Å². The van der Waals surface area contributed by atoms with Crippen molar-refractivity contribution in [2.45, 2.75) is 79.1 Å². The molecule has 0 N–H and O–H groups in total. The van der Waals surface area contributed by atoms with Crippen LogP contribution in [-0.2, 0) is 111 Å². The summed E-state index contributed by atoms with van der Waals surface area (Å²) in [7, 11) is 0. The number of aryl methyl sites for hydroxylation is 1. The summed E-state index contributed by atoms with van der Waals surface area (Å²) in [6.45, 7) is 19.7. The first-order valence-corrected chi connectivity index (χ1v) is 42.4. The van der Waals surface area contributed by atoms with Crippen LogP contribution >= 0.6 is 0 Å². The molecule has 7 heterocycles. The Bertz CT molecular complexity index is 6240. The summed E-state index contributed by atoms with van der Waals surface area (Å²) < 4.78 is 0. The van der Waals surface area contributed by atoms with E-state index in [4.69, 9.17) is 0 Å². The normalized spacial score (nSPS) is 10.2. The molecule has 0 aliphatic rings. The van der Waals surface area contributed by atoms with Crippen LogP contribution in [0.15, 0.2) is 438 Å². The summed E-state index contributed by atoms with van der Waals surface area (Å²) in [6, 6.07) is 156. The van der Waals surface area contributed by atoms with Crippen molar-refractivity contribution in [3.63, 3.8) is 0 Å². The number of benzene rings is 12. The molecular weight excluding hydrogens is 2490 g/mol. The minimum absolute atomic E-state index is 0. The van der Waals surface area contributed by atoms with E-state index in [9.17, 15) is 0 Å². The standard InChI is InChI=1S/2C21H20N.C20H18N.C18H14N.C17H12N.2C11H8N.5Ir/c1-21(2,3)19-12-13-22-20(15-19)18-11-7-10-17(14-18)16-8-5-4-6-9-16;1-21(2,3)19-12-13-20(22-15-19)18-11-7-10-17(14-18)16-8-5-4-6-9-16;1-15(2)16-9-11-17(12-10-16)18-6-5-7-19(14-18)20-8-3-4-13-21-20;1-14-10-11-18(19-13-14)17-9-5-8-16(12-17)15-6-3-2-4-7-15;1-2-7-14(8-3-1)15-9-6-10-16(13-15)17-11-4-5-12-18-17;2*1-2-6-10(7-3-1)11-8-4-5-9-12-11;;;;;/h2*4-10,12-15H,1-3H3;3-6,8-15H,1-2H3;2-8,10-13H,1H3;1-9,11-13H;2*1-6,8-9H;;;;;/q7*-1;;;;;. The maximum absolute atomic E-state index is 4.62. The van der Waals surface area contributed by atoms with Crippen LogP contribution in [0.3, 0.4) is 0 Å². The molecule has 0 saturated carbocycles. The third-order valence-corrected chi connectivity index (χ3v) is 20.5. The van der Waals surface area contributed by atoms with Gasteiger partial charge in [0.2, 0.25) is 0 Å². The van der Waals surface area contributed by atoms with Crippen LogP contribution in [0.25, 0.3) is 134 Å². The van der Waals surface area contributed by atoms with Crippen molar-refractivity contribution in [2.75, 3.05) is 0 Å². The molecule has 0 atom stereocenters. The van der Waals surface area contributed by atoms with Crippen molar-refractivity contribution in [3.8, 4) is 134 Å². The summed E-state index contributed by atoms with van der Waals surface area (Å²) in [5.74, 6) is 0.562. The van der Waals surface area contributed by atoms with Gasteiger partial charge in [0.25, 0.3) is 0 Å². The Morgan fingerprint density at radius 3 is 0.771 bits per heavy atom. The molecule has 12 aromatic carbocycles. The zero-order valence-electron chi connectivity index (χ0n) is 74.4. The Hall–Kier alpha value is -12.1. The average Bonchev–Trinajstić information content (AvgIpc) is 0.820. The van der Waals surface area contributed by atoms with Crippen molar-refractivity contribution in [1.82, 2.24) is 34.9 Å². The molecule has 0 fully saturated rings. The molecule has 19 aromatic rings. The maximum atomic E-state index is 4.62. The Morgan fingerprint density at radius 2 is 0.489 bits per heavy atom. The topological polar surface area (TPSA) is 90.2 Å². The number of hydrogen-bond acceptors (Lipinski definition) is 7. The minimum atomic E-state index is 0. The molecule has 12 heteroatoms. The van der Waals surface area contributed by atoms with Crippen LogP contribution in [0.1, 0.15) is 83.6 Å². The average molecular weight is 2590 g/mol. The van der Waals surface area contributed by atoms with Gasteiger partial charge in [0, 0.05) is 144 Å². The molecule has 19 rings (SSSR count). The van der Waals surface area contributed by atoms with Gasteiger partial charge in [-0.2, -0.15) is 0 Å². The molecule has 7 nitrogen and oxygen atoms in total. The molecule has 0 unspecified atom stereocenters. The van der Waals surface area contributed by atoms with Crippen LogP contribution in [0.4, 0.5) is 0 Å². The second-order valence-electron chi connectivity index (χ2n) is 32.2. The third kappa shape index (κ3) is 32.2. The molecule has 7 aromatic heterocycles. The van der Waals surface area contributed by atoms with Gasteiger partial charge in [-0.25, -0.2) is 0 Å². The molecule has 663 valence electrons. The van der Waals surface area contributed by atoms with Crippen LogP contribution in [0.2, 0.25) is 0 Å². The van der Waals surface area contributed by atoms with Crippen LogP contribution in [0, 0.1) is 49.4 Å². The van der Waals surface area contributed by atoms with E-state index in [1.54, 1.807) is 18.6 Å². The number of rotatable bonds is 13. The van der Waals surface area contributed by atoms with Gasteiger partial charge in [-0.1, -0.05) is 280 Å². The van der Waals surface area contributed by atoms with E-state index in [1.807, 2.05) is 226 Å². The third-order valence-electron chi connectivity index (χ3n) is 20.5. The molecular formula is C119H100Ir5N7-7. The molecule has 0 aliphatic carbocycles. The molecule has 0 saturated heterocycles. The fourth-order valence-electron chi connectivity index (χ4n) is 13.4. The summed E-state index contributed by atoms with van der Waals surface area (Å²) in [5.41, 5.74) is 31.3. The summed E-state index contributed by atoms with van der Waals surface area (Å²) in [5, 5.41) is 0. The van der Waals surface area contributed by atoms with Crippen LogP contribution in [0.5, 0.6) is 0 Å². The minimum Gasteiger partial charge on any atom is -0.305 e. The van der Waals surface area contributed by atoms with Gasteiger partial charge in [0.15, 0.2) is 0 Å². The Morgan fingerprint density at radius 1 is 0.206 bits per heavy atom. The van der Waals surface area contributed by atoms with E-state index in [2.05, 4.69) is 333 Å². The smallest absolute Gasteiger partial charge is 0.0198 e. The number of pyridine rings is 7. The van der Waals surface area contributed by atoms with Gasteiger partial charge in [-0.15, -0.1) is 249 Å². The first-order valence-electron chi connectivity index (χ1n) is 42.4. The molecule has 5 radical (unpaired) electrons. The number of aromatic nitrogens is 7. The van der Waals surface area contributed by atoms with Gasteiger partial charge in [-0.3, -0.25) is 0 Å². The number of nitrogens with zero attached hydrogens (tertiary/aromatic N) is 7. The van der Waals surface area contributed by atoms with Gasteiger partial charge in [0.05, 0.1) is 0 Å². The second kappa shape index (κ2) is 53.9. The quantitative estimate of drug-likeness (QED) is 0.106. The van der Waals surface area contributed by atoms with E-state index in [0.29, 0.717) is 5.92 Å². The predicted octanol–water partition coefficient (Wildman–Crippen LogP) is 30.2. The second-order valence-corrected chi connectivity index (χ2v) is 32.2.